The predicted molar refractivity (Wildman–Crippen MR) is 103 cm³/mol. The number of amides is 2. The molecule has 2 amide bonds. The van der Waals surface area contributed by atoms with Crippen LogP contribution < -0.4 is 5.32 Å². The molecule has 0 aromatic carbocycles. The van der Waals surface area contributed by atoms with E-state index in [0.29, 0.717) is 26.1 Å². The molecule has 1 fully saturated rings. The number of likely N-dealkylation sites (tertiary alicyclic amines) is 1. The van der Waals surface area contributed by atoms with Crippen LogP contribution in [0, 0.1) is 0 Å². The van der Waals surface area contributed by atoms with Crippen molar-refractivity contribution in [3.8, 4) is 0 Å². The molecule has 1 aliphatic rings. The Bertz CT molecular complexity index is 664. The number of carbonyl (C=O) groups is 2. The average Bonchev–Trinajstić information content (AvgIpc) is 2.97. The lowest BCUT2D eigenvalue weighted by Gasteiger charge is -2.31. The molecule has 1 aliphatic heterocycles. The van der Waals surface area contributed by atoms with Crippen molar-refractivity contribution in [3.05, 3.63) is 30.1 Å². The van der Waals surface area contributed by atoms with Gasteiger partial charge >= 0.3 is 12.2 Å². The Morgan fingerprint density at radius 1 is 1.11 bits per heavy atom. The molecule has 2 heterocycles. The number of ether oxygens (including phenoxy) is 2. The van der Waals surface area contributed by atoms with E-state index in [4.69, 9.17) is 9.47 Å². The van der Waals surface area contributed by atoms with Crippen LogP contribution in [-0.2, 0) is 14.9 Å². The van der Waals surface area contributed by atoms with Crippen molar-refractivity contribution in [1.29, 1.82) is 0 Å². The number of nitrogens with one attached hydrogen (secondary N) is 1. The second kappa shape index (κ2) is 7.74. The highest BCUT2D eigenvalue weighted by atomic mass is 16.6. The highest BCUT2D eigenvalue weighted by Gasteiger charge is 2.43. The Kier molecular flexibility index (Phi) is 6.02. The van der Waals surface area contributed by atoms with Gasteiger partial charge < -0.3 is 19.7 Å². The largest absolute Gasteiger partial charge is 0.444 e. The van der Waals surface area contributed by atoms with Crippen LogP contribution in [0.1, 0.15) is 53.5 Å². The first-order chi connectivity index (χ1) is 12.4. The Labute approximate surface area is 161 Å². The predicted octanol–water partition coefficient (Wildman–Crippen LogP) is 3.48. The third-order valence-electron chi connectivity index (χ3n) is 4.27. The van der Waals surface area contributed by atoms with Gasteiger partial charge in [0, 0.05) is 37.4 Å². The monoisotopic (exact) mass is 377 g/mol. The number of hydrogen-bond donors (Lipinski definition) is 1. The summed E-state index contributed by atoms with van der Waals surface area (Å²) in [5.41, 5.74) is -0.490. The highest BCUT2D eigenvalue weighted by molar-refractivity contribution is 5.70. The number of rotatable bonds is 3. The van der Waals surface area contributed by atoms with Crippen molar-refractivity contribution in [3.63, 3.8) is 0 Å². The zero-order chi connectivity index (χ0) is 20.3. The molecule has 1 aromatic heterocycles. The van der Waals surface area contributed by atoms with E-state index in [1.165, 1.54) is 0 Å². The van der Waals surface area contributed by atoms with Crippen LogP contribution in [-0.4, -0.2) is 52.9 Å². The van der Waals surface area contributed by atoms with Crippen molar-refractivity contribution in [2.24, 2.45) is 0 Å². The maximum atomic E-state index is 12.5. The second-order valence-corrected chi connectivity index (χ2v) is 9.02. The van der Waals surface area contributed by atoms with E-state index in [0.717, 1.165) is 5.56 Å². The molecule has 27 heavy (non-hydrogen) atoms. The number of pyridine rings is 1. The highest BCUT2D eigenvalue weighted by Crippen LogP contribution is 2.34. The summed E-state index contributed by atoms with van der Waals surface area (Å²) in [6.45, 7) is 12.4. The van der Waals surface area contributed by atoms with Gasteiger partial charge in [0.2, 0.25) is 0 Å². The first-order valence-electron chi connectivity index (χ1n) is 9.26. The van der Waals surface area contributed by atoms with Gasteiger partial charge in [0.15, 0.2) is 0 Å². The molecule has 0 spiro atoms. The van der Waals surface area contributed by atoms with E-state index in [1.54, 1.807) is 17.3 Å². The van der Waals surface area contributed by atoms with Crippen LogP contribution in [0.4, 0.5) is 9.59 Å². The molecule has 1 saturated heterocycles. The van der Waals surface area contributed by atoms with Gasteiger partial charge in [0.05, 0.1) is 0 Å². The summed E-state index contributed by atoms with van der Waals surface area (Å²) in [4.78, 5) is 30.4. The molecule has 7 nitrogen and oxygen atoms in total. The fraction of sp³-hybridized carbons (Fsp3) is 0.650. The molecular weight excluding hydrogens is 346 g/mol. The first kappa shape index (κ1) is 21.0. The second-order valence-electron chi connectivity index (χ2n) is 9.02. The van der Waals surface area contributed by atoms with Gasteiger partial charge in [-0.25, -0.2) is 9.59 Å². The lowest BCUT2D eigenvalue weighted by Crippen LogP contribution is -2.45. The Balaban J connectivity index is 2.14. The molecule has 0 radical (unpaired) electrons. The topological polar surface area (TPSA) is 80.8 Å². The van der Waals surface area contributed by atoms with E-state index < -0.39 is 22.7 Å². The zero-order valence-electron chi connectivity index (χ0n) is 17.2. The third kappa shape index (κ3) is 6.12. The molecule has 2 rings (SSSR count). The van der Waals surface area contributed by atoms with Crippen LogP contribution in [0.25, 0.3) is 0 Å². The molecule has 0 aliphatic carbocycles. The van der Waals surface area contributed by atoms with Crippen molar-refractivity contribution >= 4 is 12.2 Å². The first-order valence-corrected chi connectivity index (χ1v) is 9.26. The van der Waals surface area contributed by atoms with Gasteiger partial charge in [-0.1, -0.05) is 0 Å². The molecule has 1 N–H and O–H groups in total. The van der Waals surface area contributed by atoms with Crippen molar-refractivity contribution in [2.45, 2.75) is 64.6 Å². The van der Waals surface area contributed by atoms with Crippen LogP contribution in [0.15, 0.2) is 24.5 Å². The van der Waals surface area contributed by atoms with Crippen molar-refractivity contribution in [2.75, 3.05) is 19.6 Å². The Hall–Kier alpha value is -2.31. The minimum atomic E-state index is -0.563. The van der Waals surface area contributed by atoms with Gasteiger partial charge in [-0.2, -0.15) is 0 Å². The molecule has 0 saturated carbocycles. The number of nitrogens with zero attached hydrogens (tertiary/aromatic N) is 2. The standard InChI is InChI=1S/C20H31N3O4/c1-18(2,3)26-16(24)22-13-20(15-7-10-21-11-8-15)9-12-23(14-20)17(25)27-19(4,5)6/h7-8,10-11H,9,12-14H2,1-6H3,(H,22,24). The lowest BCUT2D eigenvalue weighted by molar-refractivity contribution is 0.0283. The van der Waals surface area contributed by atoms with E-state index >= 15 is 0 Å². The summed E-state index contributed by atoms with van der Waals surface area (Å²) in [5, 5.41) is 2.87. The third-order valence-corrected chi connectivity index (χ3v) is 4.27. The molecule has 1 aromatic rings. The van der Waals surface area contributed by atoms with E-state index in [2.05, 4.69) is 10.3 Å². The summed E-state index contributed by atoms with van der Waals surface area (Å²) in [7, 11) is 0. The molecule has 7 heteroatoms. The lowest BCUT2D eigenvalue weighted by atomic mass is 9.80. The Morgan fingerprint density at radius 3 is 2.26 bits per heavy atom. The van der Waals surface area contributed by atoms with Gasteiger partial charge in [-0.3, -0.25) is 4.98 Å². The average molecular weight is 377 g/mol. The maximum absolute atomic E-state index is 12.5. The molecule has 150 valence electrons. The number of carbonyl (C=O) groups excluding carboxylic acids is 2. The van der Waals surface area contributed by atoms with E-state index in [1.807, 2.05) is 53.7 Å². The fourth-order valence-corrected chi connectivity index (χ4v) is 3.10. The smallest absolute Gasteiger partial charge is 0.410 e. The van der Waals surface area contributed by atoms with Crippen LogP contribution in [0.2, 0.25) is 0 Å². The summed E-state index contributed by atoms with van der Waals surface area (Å²) in [6, 6.07) is 3.85. The van der Waals surface area contributed by atoms with Gasteiger partial charge in [0.1, 0.15) is 11.2 Å². The van der Waals surface area contributed by atoms with Crippen molar-refractivity contribution < 1.29 is 19.1 Å². The maximum Gasteiger partial charge on any atom is 0.410 e. The summed E-state index contributed by atoms with van der Waals surface area (Å²) < 4.78 is 10.9. The molecular formula is C20H31N3O4. The number of alkyl carbamates (subject to hydrolysis) is 1. The van der Waals surface area contributed by atoms with Gasteiger partial charge in [-0.05, 0) is 65.7 Å². The quantitative estimate of drug-likeness (QED) is 0.872. The SMILES string of the molecule is CC(C)(C)OC(=O)NCC1(c2ccncc2)CCN(C(=O)OC(C)(C)C)C1. The molecule has 0 bridgehead atoms. The normalized spacial score (nSPS) is 20.3. The van der Waals surface area contributed by atoms with Crippen LogP contribution in [0.5, 0.6) is 0 Å². The zero-order valence-corrected chi connectivity index (χ0v) is 17.2. The minimum Gasteiger partial charge on any atom is -0.444 e. The molecule has 1 atom stereocenters. The summed E-state index contributed by atoms with van der Waals surface area (Å²) >= 11 is 0. The van der Waals surface area contributed by atoms with Crippen LogP contribution >= 0.6 is 0 Å². The minimum absolute atomic E-state index is 0.337. The summed E-state index contributed by atoms with van der Waals surface area (Å²) in [6.07, 6.45) is 3.36. The number of hydrogen-bond acceptors (Lipinski definition) is 5. The van der Waals surface area contributed by atoms with E-state index in [-0.39, 0.29) is 6.09 Å². The fourth-order valence-electron chi connectivity index (χ4n) is 3.10. The van der Waals surface area contributed by atoms with E-state index in [9.17, 15) is 9.59 Å². The van der Waals surface area contributed by atoms with Gasteiger partial charge in [0.25, 0.3) is 0 Å². The number of aromatic nitrogens is 1. The summed E-state index contributed by atoms with van der Waals surface area (Å²) in [5.74, 6) is 0. The van der Waals surface area contributed by atoms with Gasteiger partial charge in [-0.15, -0.1) is 0 Å². The van der Waals surface area contributed by atoms with Crippen molar-refractivity contribution in [1.82, 2.24) is 15.2 Å². The van der Waals surface area contributed by atoms with Crippen LogP contribution in [0.3, 0.4) is 0 Å². The Morgan fingerprint density at radius 2 is 1.70 bits per heavy atom. The molecule has 1 unspecified atom stereocenters.